The minimum atomic E-state index is -0.377. The average molecular weight is 276 g/mol. The molecule has 0 bridgehead atoms. The Kier molecular flexibility index (Phi) is 3.44. The first-order valence-electron chi connectivity index (χ1n) is 6.39. The van der Waals surface area contributed by atoms with Crippen molar-refractivity contribution in [2.75, 3.05) is 17.3 Å². The smallest absolute Gasteiger partial charge is 0.243 e. The van der Waals surface area contributed by atoms with Gasteiger partial charge in [-0.15, -0.1) is 0 Å². The normalized spacial score (nSPS) is 15.9. The molecule has 9 heteroatoms. The molecule has 0 aromatic carbocycles. The third-order valence-electron chi connectivity index (χ3n) is 3.12. The number of imidazole rings is 1. The van der Waals surface area contributed by atoms with Crippen molar-refractivity contribution < 1.29 is 5.11 Å². The Hall–Kier alpha value is -2.26. The van der Waals surface area contributed by atoms with Crippen LogP contribution in [-0.2, 0) is 0 Å². The van der Waals surface area contributed by atoms with Crippen LogP contribution in [0.5, 0.6) is 0 Å². The number of hydrogen-bond acceptors (Lipinski definition) is 8. The Morgan fingerprint density at radius 1 is 1.35 bits per heavy atom. The summed E-state index contributed by atoms with van der Waals surface area (Å²) in [6.45, 7) is 0.405. The van der Waals surface area contributed by atoms with Crippen molar-refractivity contribution in [3.05, 3.63) is 18.7 Å². The first-order chi connectivity index (χ1) is 9.76. The minimum absolute atomic E-state index is 0.243. The molecule has 0 spiro atoms. The molecule has 1 aliphatic carbocycles. The molecule has 1 fully saturated rings. The molecule has 1 atom stereocenters. The van der Waals surface area contributed by atoms with Crippen molar-refractivity contribution in [2.45, 2.75) is 18.9 Å². The Morgan fingerprint density at radius 3 is 2.80 bits per heavy atom. The van der Waals surface area contributed by atoms with Crippen LogP contribution in [0.3, 0.4) is 0 Å². The number of aromatic nitrogens is 5. The van der Waals surface area contributed by atoms with Crippen LogP contribution in [0.2, 0.25) is 0 Å². The lowest BCUT2D eigenvalue weighted by Gasteiger charge is -2.12. The highest BCUT2D eigenvalue weighted by atomic mass is 16.3. The van der Waals surface area contributed by atoms with E-state index in [0.29, 0.717) is 24.4 Å². The SMILES string of the molecule is NNc1nc(NCC(O)C2CC2)nc(-n2ccnc2)n1. The first kappa shape index (κ1) is 12.8. The standard InChI is InChI=1S/C11H16N8O/c12-18-10-15-9(14-5-8(20)7-1-2-7)16-11(17-10)19-4-3-13-6-19/h3-4,6-8,20H,1-2,5,12H2,(H2,14,15,16,17,18). The summed E-state index contributed by atoms with van der Waals surface area (Å²) in [5, 5.41) is 12.8. The molecule has 2 aromatic rings. The number of nitrogens with one attached hydrogen (secondary N) is 2. The molecule has 1 unspecified atom stereocenters. The number of nitrogen functional groups attached to an aromatic ring is 1. The molecular weight excluding hydrogens is 260 g/mol. The molecule has 1 aliphatic rings. The highest BCUT2D eigenvalue weighted by Crippen LogP contribution is 2.32. The first-order valence-corrected chi connectivity index (χ1v) is 6.39. The van der Waals surface area contributed by atoms with Gasteiger partial charge in [0, 0.05) is 18.9 Å². The Balaban J connectivity index is 1.77. The fourth-order valence-corrected chi connectivity index (χ4v) is 1.84. The van der Waals surface area contributed by atoms with E-state index in [1.54, 1.807) is 23.3 Å². The largest absolute Gasteiger partial charge is 0.391 e. The van der Waals surface area contributed by atoms with E-state index in [2.05, 4.69) is 30.7 Å². The molecule has 3 rings (SSSR count). The van der Waals surface area contributed by atoms with E-state index in [1.807, 2.05) is 0 Å². The van der Waals surface area contributed by atoms with Crippen LogP contribution < -0.4 is 16.6 Å². The summed E-state index contributed by atoms with van der Waals surface area (Å²) in [6.07, 6.45) is 6.71. The topological polar surface area (TPSA) is 127 Å². The predicted octanol–water partition coefficient (Wildman–Crippen LogP) is -0.474. The second kappa shape index (κ2) is 5.39. The zero-order valence-electron chi connectivity index (χ0n) is 10.8. The van der Waals surface area contributed by atoms with Gasteiger partial charge in [-0.1, -0.05) is 0 Å². The number of aliphatic hydroxyl groups is 1. The second-order valence-electron chi connectivity index (χ2n) is 4.68. The summed E-state index contributed by atoms with van der Waals surface area (Å²) < 4.78 is 1.64. The van der Waals surface area contributed by atoms with Gasteiger partial charge in [0.15, 0.2) is 0 Å². The molecule has 0 aliphatic heterocycles. The minimum Gasteiger partial charge on any atom is -0.391 e. The quantitative estimate of drug-likeness (QED) is 0.412. The van der Waals surface area contributed by atoms with Crippen LogP contribution in [0.4, 0.5) is 11.9 Å². The molecule has 0 radical (unpaired) electrons. The zero-order valence-corrected chi connectivity index (χ0v) is 10.8. The molecule has 2 heterocycles. The predicted molar refractivity (Wildman–Crippen MR) is 72.0 cm³/mol. The van der Waals surface area contributed by atoms with Crippen molar-refractivity contribution in [3.8, 4) is 5.95 Å². The van der Waals surface area contributed by atoms with Gasteiger partial charge >= 0.3 is 0 Å². The molecule has 0 saturated heterocycles. The number of hydrogen-bond donors (Lipinski definition) is 4. The summed E-state index contributed by atoms with van der Waals surface area (Å²) >= 11 is 0. The van der Waals surface area contributed by atoms with Gasteiger partial charge in [0.25, 0.3) is 0 Å². The van der Waals surface area contributed by atoms with Crippen molar-refractivity contribution in [2.24, 2.45) is 11.8 Å². The van der Waals surface area contributed by atoms with E-state index < -0.39 is 0 Å². The number of nitrogens with zero attached hydrogens (tertiary/aromatic N) is 5. The van der Waals surface area contributed by atoms with Crippen molar-refractivity contribution >= 4 is 11.9 Å². The van der Waals surface area contributed by atoms with E-state index in [1.165, 1.54) is 0 Å². The summed E-state index contributed by atoms with van der Waals surface area (Å²) in [5.74, 6) is 6.74. The average Bonchev–Trinajstić information content (AvgIpc) is 3.19. The summed E-state index contributed by atoms with van der Waals surface area (Å²) in [6, 6.07) is 0. The van der Waals surface area contributed by atoms with Crippen LogP contribution >= 0.6 is 0 Å². The van der Waals surface area contributed by atoms with Gasteiger partial charge in [0.05, 0.1) is 6.10 Å². The number of aliphatic hydroxyl groups excluding tert-OH is 1. The van der Waals surface area contributed by atoms with Gasteiger partial charge in [-0.2, -0.15) is 15.0 Å². The summed E-state index contributed by atoms with van der Waals surface area (Å²) in [5.41, 5.74) is 2.39. The molecular formula is C11H16N8O. The fourth-order valence-electron chi connectivity index (χ4n) is 1.84. The number of anilines is 2. The van der Waals surface area contributed by atoms with E-state index >= 15 is 0 Å². The van der Waals surface area contributed by atoms with Gasteiger partial charge < -0.3 is 10.4 Å². The molecule has 1 saturated carbocycles. The fraction of sp³-hybridized carbons (Fsp3) is 0.455. The Bertz CT molecular complexity index is 568. The van der Waals surface area contributed by atoms with Gasteiger partial charge in [-0.05, 0) is 18.8 Å². The lowest BCUT2D eigenvalue weighted by Crippen LogP contribution is -2.23. The monoisotopic (exact) mass is 276 g/mol. The number of nitrogens with two attached hydrogens (primary N) is 1. The summed E-state index contributed by atoms with van der Waals surface area (Å²) in [4.78, 5) is 16.4. The third-order valence-corrected chi connectivity index (χ3v) is 3.12. The maximum absolute atomic E-state index is 9.84. The molecule has 9 nitrogen and oxygen atoms in total. The molecule has 2 aromatic heterocycles. The van der Waals surface area contributed by atoms with Crippen LogP contribution in [0.15, 0.2) is 18.7 Å². The lowest BCUT2D eigenvalue weighted by atomic mass is 10.2. The Labute approximate surface area is 115 Å². The third kappa shape index (κ3) is 2.83. The van der Waals surface area contributed by atoms with Gasteiger partial charge in [-0.25, -0.2) is 10.8 Å². The maximum atomic E-state index is 9.84. The van der Waals surface area contributed by atoms with Crippen LogP contribution in [0, 0.1) is 5.92 Å². The highest BCUT2D eigenvalue weighted by Gasteiger charge is 2.29. The molecule has 106 valence electrons. The second-order valence-corrected chi connectivity index (χ2v) is 4.68. The van der Waals surface area contributed by atoms with Gasteiger partial charge in [0.2, 0.25) is 17.8 Å². The van der Waals surface area contributed by atoms with E-state index in [9.17, 15) is 5.11 Å². The summed E-state index contributed by atoms with van der Waals surface area (Å²) in [7, 11) is 0. The number of hydrazine groups is 1. The number of rotatable bonds is 6. The van der Waals surface area contributed by atoms with Gasteiger partial charge in [-0.3, -0.25) is 9.99 Å². The van der Waals surface area contributed by atoms with Crippen molar-refractivity contribution in [3.63, 3.8) is 0 Å². The van der Waals surface area contributed by atoms with Crippen LogP contribution in [0.1, 0.15) is 12.8 Å². The molecule has 0 amide bonds. The zero-order chi connectivity index (χ0) is 13.9. The highest BCUT2D eigenvalue weighted by molar-refractivity contribution is 5.37. The van der Waals surface area contributed by atoms with Crippen LogP contribution in [0.25, 0.3) is 5.95 Å². The van der Waals surface area contributed by atoms with E-state index in [4.69, 9.17) is 5.84 Å². The van der Waals surface area contributed by atoms with Crippen molar-refractivity contribution in [1.82, 2.24) is 24.5 Å². The van der Waals surface area contributed by atoms with E-state index in [0.717, 1.165) is 12.8 Å². The molecule has 20 heavy (non-hydrogen) atoms. The van der Waals surface area contributed by atoms with Crippen LogP contribution in [-0.4, -0.2) is 42.3 Å². The maximum Gasteiger partial charge on any atom is 0.243 e. The van der Waals surface area contributed by atoms with E-state index in [-0.39, 0.29) is 12.1 Å². The van der Waals surface area contributed by atoms with Gasteiger partial charge in [0.1, 0.15) is 6.33 Å². The lowest BCUT2D eigenvalue weighted by molar-refractivity contribution is 0.164. The molecule has 5 N–H and O–H groups in total. The van der Waals surface area contributed by atoms with Crippen molar-refractivity contribution in [1.29, 1.82) is 0 Å². The Morgan fingerprint density at radius 2 is 2.15 bits per heavy atom.